The van der Waals surface area contributed by atoms with Crippen LogP contribution in [0.25, 0.3) is 0 Å². The van der Waals surface area contributed by atoms with E-state index >= 15 is 0 Å². The Morgan fingerprint density at radius 3 is 2.58 bits per heavy atom. The van der Waals surface area contributed by atoms with Gasteiger partial charge in [0.2, 0.25) is 5.91 Å². The molecule has 19 heavy (non-hydrogen) atoms. The third-order valence-corrected chi connectivity index (χ3v) is 2.37. The molecule has 0 fully saturated rings. The van der Waals surface area contributed by atoms with Crippen LogP contribution in [0.4, 0.5) is 5.82 Å². The number of hydrogen-bond acceptors (Lipinski definition) is 5. The SMILES string of the molecule is Cc1cc([N+](=O)[O-])ncc1C(=O)NC(=O)CC(C)C. The summed E-state index contributed by atoms with van der Waals surface area (Å²) < 4.78 is 0. The smallest absolute Gasteiger partial charge is 0.358 e. The van der Waals surface area contributed by atoms with Crippen molar-refractivity contribution < 1.29 is 14.5 Å². The van der Waals surface area contributed by atoms with E-state index < -0.39 is 10.8 Å². The number of amides is 2. The topological polar surface area (TPSA) is 102 Å². The fraction of sp³-hybridized carbons (Fsp3) is 0.417. The Hall–Kier alpha value is -2.31. The Morgan fingerprint density at radius 1 is 1.47 bits per heavy atom. The summed E-state index contributed by atoms with van der Waals surface area (Å²) in [4.78, 5) is 36.7. The molecule has 1 rings (SSSR count). The van der Waals surface area contributed by atoms with E-state index in [1.165, 1.54) is 6.07 Å². The summed E-state index contributed by atoms with van der Waals surface area (Å²) in [5.74, 6) is -1.16. The van der Waals surface area contributed by atoms with Crippen LogP contribution in [0.3, 0.4) is 0 Å². The highest BCUT2D eigenvalue weighted by Gasteiger charge is 2.18. The molecule has 1 N–H and O–H groups in total. The molecule has 0 aliphatic rings. The van der Waals surface area contributed by atoms with E-state index in [1.807, 2.05) is 13.8 Å². The largest absolute Gasteiger partial charge is 0.363 e. The second kappa shape index (κ2) is 6.03. The summed E-state index contributed by atoms with van der Waals surface area (Å²) in [6, 6.07) is 1.20. The molecule has 0 atom stereocenters. The number of nitro groups is 1. The minimum Gasteiger partial charge on any atom is -0.358 e. The summed E-state index contributed by atoms with van der Waals surface area (Å²) in [6.45, 7) is 5.28. The molecule has 0 aliphatic heterocycles. The fourth-order valence-corrected chi connectivity index (χ4v) is 1.49. The number of carbonyl (C=O) groups is 2. The van der Waals surface area contributed by atoms with Gasteiger partial charge in [-0.15, -0.1) is 0 Å². The van der Waals surface area contributed by atoms with Crippen molar-refractivity contribution in [2.45, 2.75) is 27.2 Å². The van der Waals surface area contributed by atoms with Crippen LogP contribution in [0.5, 0.6) is 0 Å². The van der Waals surface area contributed by atoms with Crippen molar-refractivity contribution in [2.24, 2.45) is 5.92 Å². The number of nitrogens with one attached hydrogen (secondary N) is 1. The number of pyridine rings is 1. The molecule has 7 heteroatoms. The quantitative estimate of drug-likeness (QED) is 0.658. The number of nitrogens with zero attached hydrogens (tertiary/aromatic N) is 2. The average Bonchev–Trinajstić information content (AvgIpc) is 2.26. The minimum atomic E-state index is -0.640. The van der Waals surface area contributed by atoms with E-state index in [4.69, 9.17) is 0 Å². The molecule has 0 bridgehead atoms. The maximum absolute atomic E-state index is 11.8. The van der Waals surface area contributed by atoms with Gasteiger partial charge in [-0.3, -0.25) is 14.9 Å². The van der Waals surface area contributed by atoms with Crippen molar-refractivity contribution in [1.82, 2.24) is 10.3 Å². The highest BCUT2D eigenvalue weighted by molar-refractivity contribution is 6.05. The molecule has 1 aromatic heterocycles. The van der Waals surface area contributed by atoms with Gasteiger partial charge in [0.15, 0.2) is 6.20 Å². The lowest BCUT2D eigenvalue weighted by molar-refractivity contribution is -0.389. The lowest BCUT2D eigenvalue weighted by Crippen LogP contribution is -2.31. The van der Waals surface area contributed by atoms with E-state index in [0.29, 0.717) is 5.56 Å². The molecule has 0 saturated heterocycles. The lowest BCUT2D eigenvalue weighted by Gasteiger charge is -2.06. The Labute approximate surface area is 110 Å². The first-order chi connectivity index (χ1) is 8.81. The van der Waals surface area contributed by atoms with Crippen molar-refractivity contribution in [3.8, 4) is 0 Å². The highest BCUT2D eigenvalue weighted by atomic mass is 16.6. The van der Waals surface area contributed by atoms with Gasteiger partial charge in [-0.25, -0.2) is 0 Å². The highest BCUT2D eigenvalue weighted by Crippen LogP contribution is 2.13. The third kappa shape index (κ3) is 4.13. The molecule has 2 amide bonds. The fourth-order valence-electron chi connectivity index (χ4n) is 1.49. The summed E-state index contributed by atoms with van der Waals surface area (Å²) in [6.07, 6.45) is 1.34. The van der Waals surface area contributed by atoms with Gasteiger partial charge in [0.1, 0.15) is 0 Å². The number of hydrogen-bond donors (Lipinski definition) is 1. The molecular weight excluding hydrogens is 250 g/mol. The molecule has 0 radical (unpaired) electrons. The molecule has 0 unspecified atom stereocenters. The molecule has 102 valence electrons. The number of imide groups is 1. The van der Waals surface area contributed by atoms with Crippen LogP contribution in [-0.4, -0.2) is 21.7 Å². The Bertz CT molecular complexity index is 526. The first-order valence-electron chi connectivity index (χ1n) is 5.76. The second-order valence-corrected chi connectivity index (χ2v) is 4.59. The predicted molar refractivity (Wildman–Crippen MR) is 67.6 cm³/mol. The maximum atomic E-state index is 11.8. The van der Waals surface area contributed by atoms with Gasteiger partial charge >= 0.3 is 5.82 Å². The van der Waals surface area contributed by atoms with Crippen molar-refractivity contribution in [2.75, 3.05) is 0 Å². The molecule has 0 saturated carbocycles. The maximum Gasteiger partial charge on any atom is 0.363 e. The summed E-state index contributed by atoms with van der Waals surface area (Å²) in [5.41, 5.74) is 0.555. The van der Waals surface area contributed by atoms with Gasteiger partial charge < -0.3 is 10.1 Å². The third-order valence-electron chi connectivity index (χ3n) is 2.37. The zero-order chi connectivity index (χ0) is 14.6. The second-order valence-electron chi connectivity index (χ2n) is 4.59. The van der Waals surface area contributed by atoms with Gasteiger partial charge in [-0.05, 0) is 28.3 Å². The van der Waals surface area contributed by atoms with E-state index in [9.17, 15) is 19.7 Å². The van der Waals surface area contributed by atoms with Crippen LogP contribution in [0.2, 0.25) is 0 Å². The van der Waals surface area contributed by atoms with Crippen molar-refractivity contribution in [3.05, 3.63) is 33.5 Å². The minimum absolute atomic E-state index is 0.142. The Morgan fingerprint density at radius 2 is 2.11 bits per heavy atom. The zero-order valence-electron chi connectivity index (χ0n) is 11.0. The van der Waals surface area contributed by atoms with E-state index in [2.05, 4.69) is 10.3 Å². The van der Waals surface area contributed by atoms with Crippen LogP contribution >= 0.6 is 0 Å². The lowest BCUT2D eigenvalue weighted by atomic mass is 10.1. The number of rotatable bonds is 4. The molecule has 0 aromatic carbocycles. The van der Waals surface area contributed by atoms with Gasteiger partial charge in [0, 0.05) is 12.5 Å². The van der Waals surface area contributed by atoms with Gasteiger partial charge in [-0.2, -0.15) is 0 Å². The molecule has 1 aromatic rings. The molecule has 0 aliphatic carbocycles. The number of carbonyl (C=O) groups excluding carboxylic acids is 2. The van der Waals surface area contributed by atoms with Gasteiger partial charge in [0.25, 0.3) is 5.91 Å². The first-order valence-corrected chi connectivity index (χ1v) is 5.76. The standard InChI is InChI=1S/C12H15N3O4/c1-7(2)4-11(16)14-12(17)9-6-13-10(15(18)19)5-8(9)3/h5-7H,4H2,1-3H3,(H,14,16,17). The molecule has 7 nitrogen and oxygen atoms in total. The predicted octanol–water partition coefficient (Wildman–Crippen LogP) is 1.60. The summed E-state index contributed by atoms with van der Waals surface area (Å²) in [7, 11) is 0. The van der Waals surface area contributed by atoms with E-state index in [-0.39, 0.29) is 29.6 Å². The van der Waals surface area contributed by atoms with Crippen LogP contribution in [0.15, 0.2) is 12.3 Å². The molecule has 0 spiro atoms. The number of aryl methyl sites for hydroxylation is 1. The average molecular weight is 265 g/mol. The Kier molecular flexibility index (Phi) is 4.68. The van der Waals surface area contributed by atoms with Gasteiger partial charge in [-0.1, -0.05) is 13.8 Å². The van der Waals surface area contributed by atoms with E-state index in [0.717, 1.165) is 6.20 Å². The van der Waals surface area contributed by atoms with Crippen molar-refractivity contribution >= 4 is 17.6 Å². The first kappa shape index (κ1) is 14.7. The van der Waals surface area contributed by atoms with Crippen LogP contribution in [0, 0.1) is 23.0 Å². The van der Waals surface area contributed by atoms with E-state index in [1.54, 1.807) is 6.92 Å². The Balaban J connectivity index is 2.83. The van der Waals surface area contributed by atoms with Crippen LogP contribution in [0.1, 0.15) is 36.2 Å². The van der Waals surface area contributed by atoms with Crippen molar-refractivity contribution in [3.63, 3.8) is 0 Å². The molecule has 1 heterocycles. The van der Waals surface area contributed by atoms with Crippen LogP contribution in [-0.2, 0) is 4.79 Å². The molecular formula is C12H15N3O4. The summed E-state index contributed by atoms with van der Waals surface area (Å²) in [5, 5.41) is 12.8. The van der Waals surface area contributed by atoms with Crippen LogP contribution < -0.4 is 5.32 Å². The zero-order valence-corrected chi connectivity index (χ0v) is 11.0. The summed E-state index contributed by atoms with van der Waals surface area (Å²) >= 11 is 0. The normalized spacial score (nSPS) is 10.3. The van der Waals surface area contributed by atoms with Crippen molar-refractivity contribution in [1.29, 1.82) is 0 Å². The van der Waals surface area contributed by atoms with Gasteiger partial charge in [0.05, 0.1) is 5.56 Å². The number of aromatic nitrogens is 1. The monoisotopic (exact) mass is 265 g/mol.